The molecule has 8 heteroatoms. The Balaban J connectivity index is 0.00000289. The van der Waals surface area contributed by atoms with Gasteiger partial charge in [-0.15, -0.1) is 24.0 Å². The highest BCUT2D eigenvalue weighted by Gasteiger charge is 2.23. The molecule has 3 aromatic rings. The summed E-state index contributed by atoms with van der Waals surface area (Å²) in [5.74, 6) is 0.875. The highest BCUT2D eigenvalue weighted by molar-refractivity contribution is 14.0. The molecule has 7 nitrogen and oxygen atoms in total. The normalized spacial score (nSPS) is 16.0. The number of nitrogens with one attached hydrogen (secondary N) is 2. The molecule has 1 aliphatic heterocycles. The molecular formula is C24H32IN7. The maximum absolute atomic E-state index is 4.84. The van der Waals surface area contributed by atoms with Gasteiger partial charge in [-0.1, -0.05) is 42.0 Å². The zero-order chi connectivity index (χ0) is 21.5. The SMILES string of the molecule is CCNC(=NCc1cccc(Cn2cncn2)c1)NC1CCN(c2ccc(C)cc2)C1.I. The Kier molecular flexibility index (Phi) is 8.90. The van der Waals surface area contributed by atoms with Crippen molar-refractivity contribution in [2.45, 2.75) is 39.4 Å². The van der Waals surface area contributed by atoms with Gasteiger partial charge in [-0.3, -0.25) is 0 Å². The van der Waals surface area contributed by atoms with Crippen LogP contribution in [-0.4, -0.2) is 46.4 Å². The monoisotopic (exact) mass is 545 g/mol. The smallest absolute Gasteiger partial charge is 0.191 e. The number of nitrogens with zero attached hydrogens (tertiary/aromatic N) is 5. The van der Waals surface area contributed by atoms with E-state index in [9.17, 15) is 0 Å². The average Bonchev–Trinajstić information content (AvgIpc) is 3.45. The molecule has 1 aromatic heterocycles. The highest BCUT2D eigenvalue weighted by Crippen LogP contribution is 2.20. The number of halogens is 1. The van der Waals surface area contributed by atoms with Gasteiger partial charge in [0.2, 0.25) is 0 Å². The maximum Gasteiger partial charge on any atom is 0.191 e. The Morgan fingerprint density at radius 3 is 2.72 bits per heavy atom. The zero-order valence-electron chi connectivity index (χ0n) is 18.7. The molecule has 4 rings (SSSR count). The van der Waals surface area contributed by atoms with Gasteiger partial charge in [-0.05, 0) is 43.5 Å². The Labute approximate surface area is 207 Å². The second-order valence-electron chi connectivity index (χ2n) is 8.02. The van der Waals surface area contributed by atoms with Gasteiger partial charge in [0.15, 0.2) is 5.96 Å². The van der Waals surface area contributed by atoms with Crippen molar-refractivity contribution in [3.63, 3.8) is 0 Å². The fraction of sp³-hybridized carbons (Fsp3) is 0.375. The minimum Gasteiger partial charge on any atom is -0.369 e. The molecule has 1 unspecified atom stereocenters. The van der Waals surface area contributed by atoms with Crippen molar-refractivity contribution in [2.75, 3.05) is 24.5 Å². The van der Waals surface area contributed by atoms with E-state index in [1.807, 2.05) is 4.68 Å². The summed E-state index contributed by atoms with van der Waals surface area (Å²) in [6.45, 7) is 8.46. The molecule has 1 fully saturated rings. The van der Waals surface area contributed by atoms with Gasteiger partial charge in [-0.2, -0.15) is 5.10 Å². The molecule has 1 aliphatic rings. The molecule has 0 amide bonds. The summed E-state index contributed by atoms with van der Waals surface area (Å²) in [5, 5.41) is 11.2. The first-order valence-electron chi connectivity index (χ1n) is 11.0. The first-order chi connectivity index (χ1) is 15.2. The van der Waals surface area contributed by atoms with Gasteiger partial charge in [0.05, 0.1) is 13.1 Å². The van der Waals surface area contributed by atoms with E-state index in [0.29, 0.717) is 19.1 Å². The van der Waals surface area contributed by atoms with E-state index in [-0.39, 0.29) is 24.0 Å². The Bertz CT molecular complexity index is 986. The lowest BCUT2D eigenvalue weighted by atomic mass is 10.1. The van der Waals surface area contributed by atoms with E-state index in [1.54, 1.807) is 12.7 Å². The summed E-state index contributed by atoms with van der Waals surface area (Å²) in [7, 11) is 0. The fourth-order valence-electron chi connectivity index (χ4n) is 3.88. The second kappa shape index (κ2) is 11.8. The first kappa shape index (κ1) is 24.0. The number of guanidine groups is 1. The van der Waals surface area contributed by atoms with Crippen LogP contribution < -0.4 is 15.5 Å². The van der Waals surface area contributed by atoms with Crippen LogP contribution in [0.25, 0.3) is 0 Å². The summed E-state index contributed by atoms with van der Waals surface area (Å²) in [6.07, 6.45) is 4.40. The second-order valence-corrected chi connectivity index (χ2v) is 8.02. The number of rotatable bonds is 7. The van der Waals surface area contributed by atoms with Crippen molar-refractivity contribution < 1.29 is 0 Å². The molecule has 2 aromatic carbocycles. The molecule has 170 valence electrons. The van der Waals surface area contributed by atoms with Gasteiger partial charge in [0.25, 0.3) is 0 Å². The van der Waals surface area contributed by atoms with Crippen LogP contribution in [0.2, 0.25) is 0 Å². The molecule has 0 bridgehead atoms. The summed E-state index contributed by atoms with van der Waals surface area (Å²) in [5.41, 5.74) is 4.97. The lowest BCUT2D eigenvalue weighted by Crippen LogP contribution is -2.44. The van der Waals surface area contributed by atoms with E-state index >= 15 is 0 Å². The zero-order valence-corrected chi connectivity index (χ0v) is 21.1. The van der Waals surface area contributed by atoms with Gasteiger partial charge >= 0.3 is 0 Å². The third-order valence-corrected chi connectivity index (χ3v) is 5.49. The van der Waals surface area contributed by atoms with E-state index in [1.165, 1.54) is 22.4 Å². The number of aliphatic imine (C=N–C) groups is 1. The Hall–Kier alpha value is -2.62. The van der Waals surface area contributed by atoms with E-state index < -0.39 is 0 Å². The highest BCUT2D eigenvalue weighted by atomic mass is 127. The molecule has 0 spiro atoms. The topological polar surface area (TPSA) is 70.4 Å². The van der Waals surface area contributed by atoms with Gasteiger partial charge in [0.1, 0.15) is 12.7 Å². The predicted octanol–water partition coefficient (Wildman–Crippen LogP) is 3.59. The summed E-state index contributed by atoms with van der Waals surface area (Å²) >= 11 is 0. The van der Waals surface area contributed by atoms with Crippen molar-refractivity contribution >= 4 is 35.6 Å². The molecule has 2 heterocycles. The van der Waals surface area contributed by atoms with Crippen LogP contribution >= 0.6 is 24.0 Å². The van der Waals surface area contributed by atoms with Crippen LogP contribution in [0.15, 0.2) is 66.2 Å². The minimum absolute atomic E-state index is 0. The van der Waals surface area contributed by atoms with Crippen LogP contribution in [0.3, 0.4) is 0 Å². The number of benzene rings is 2. The molecule has 1 saturated heterocycles. The van der Waals surface area contributed by atoms with E-state index in [0.717, 1.165) is 32.0 Å². The van der Waals surface area contributed by atoms with Crippen LogP contribution in [0.5, 0.6) is 0 Å². The third kappa shape index (κ3) is 6.69. The van der Waals surface area contributed by atoms with Crippen molar-refractivity contribution in [1.29, 1.82) is 0 Å². The average molecular weight is 545 g/mol. The molecular weight excluding hydrogens is 513 g/mol. The van der Waals surface area contributed by atoms with Crippen molar-refractivity contribution in [3.8, 4) is 0 Å². The quantitative estimate of drug-likeness (QED) is 0.270. The first-order valence-corrected chi connectivity index (χ1v) is 11.0. The molecule has 0 aliphatic carbocycles. The Morgan fingerprint density at radius 1 is 1.16 bits per heavy atom. The summed E-state index contributed by atoms with van der Waals surface area (Å²) in [4.78, 5) is 11.3. The minimum atomic E-state index is 0. The van der Waals surface area contributed by atoms with E-state index in [2.05, 4.69) is 88.0 Å². The van der Waals surface area contributed by atoms with Crippen LogP contribution in [-0.2, 0) is 13.1 Å². The molecule has 32 heavy (non-hydrogen) atoms. The Morgan fingerprint density at radius 2 is 1.97 bits per heavy atom. The maximum atomic E-state index is 4.84. The summed E-state index contributed by atoms with van der Waals surface area (Å²) in [6, 6.07) is 17.7. The lowest BCUT2D eigenvalue weighted by Gasteiger charge is -2.20. The van der Waals surface area contributed by atoms with Crippen molar-refractivity contribution in [2.24, 2.45) is 4.99 Å². The van der Waals surface area contributed by atoms with Crippen LogP contribution in [0.4, 0.5) is 5.69 Å². The number of anilines is 1. The third-order valence-electron chi connectivity index (χ3n) is 5.49. The standard InChI is InChI=1S/C24H31N7.HI/c1-3-26-24(29-22-11-12-30(16-22)23-9-7-19(2)8-10-23)27-14-20-5-4-6-21(13-20)15-31-18-25-17-28-31;/h4-10,13,17-18,22H,3,11-12,14-16H2,1-2H3,(H2,26,27,29);1H. The van der Waals surface area contributed by atoms with Gasteiger partial charge in [0, 0.05) is 31.4 Å². The number of hydrogen-bond donors (Lipinski definition) is 2. The molecule has 0 radical (unpaired) electrons. The van der Waals surface area contributed by atoms with E-state index in [4.69, 9.17) is 4.99 Å². The van der Waals surface area contributed by atoms with Gasteiger partial charge in [-0.25, -0.2) is 14.7 Å². The van der Waals surface area contributed by atoms with Crippen LogP contribution in [0.1, 0.15) is 30.0 Å². The molecule has 2 N–H and O–H groups in total. The number of aromatic nitrogens is 3. The summed E-state index contributed by atoms with van der Waals surface area (Å²) < 4.78 is 1.83. The number of aryl methyl sites for hydroxylation is 1. The number of hydrogen-bond acceptors (Lipinski definition) is 4. The molecule has 1 atom stereocenters. The molecule has 0 saturated carbocycles. The lowest BCUT2D eigenvalue weighted by molar-refractivity contribution is 0.649. The fourth-order valence-corrected chi connectivity index (χ4v) is 3.88. The predicted molar refractivity (Wildman–Crippen MR) is 141 cm³/mol. The van der Waals surface area contributed by atoms with Crippen molar-refractivity contribution in [3.05, 3.63) is 77.9 Å². The largest absolute Gasteiger partial charge is 0.369 e. The van der Waals surface area contributed by atoms with Crippen molar-refractivity contribution in [1.82, 2.24) is 25.4 Å². The van der Waals surface area contributed by atoms with Gasteiger partial charge < -0.3 is 15.5 Å². The van der Waals surface area contributed by atoms with Crippen LogP contribution in [0, 0.1) is 6.92 Å².